The summed E-state index contributed by atoms with van der Waals surface area (Å²) in [6, 6.07) is 9.29. The Morgan fingerprint density at radius 2 is 2.07 bits per heavy atom. The molecule has 0 aliphatic carbocycles. The Bertz CT molecular complexity index is 918. The number of carbonyl (C=O) groups is 1. The molecule has 2 aromatic carbocycles. The fourth-order valence-electron chi connectivity index (χ4n) is 2.24. The Morgan fingerprint density at radius 3 is 2.81 bits per heavy atom. The summed E-state index contributed by atoms with van der Waals surface area (Å²) in [6.07, 6.45) is 0.449. The van der Waals surface area contributed by atoms with Gasteiger partial charge in [0.15, 0.2) is 23.4 Å². The molecule has 140 valence electrons. The number of hydrogen-bond acceptors (Lipinski definition) is 7. The van der Waals surface area contributed by atoms with Crippen molar-refractivity contribution in [2.45, 2.75) is 13.0 Å². The minimum absolute atomic E-state index is 0.00708. The first-order valence-corrected chi connectivity index (χ1v) is 8.57. The Hall–Kier alpha value is -3.14. The van der Waals surface area contributed by atoms with Gasteiger partial charge in [0.2, 0.25) is 6.79 Å². The molecule has 9 nitrogen and oxygen atoms in total. The van der Waals surface area contributed by atoms with E-state index in [9.17, 15) is 14.9 Å². The van der Waals surface area contributed by atoms with Crippen molar-refractivity contribution < 1.29 is 23.9 Å². The van der Waals surface area contributed by atoms with E-state index in [1.807, 2.05) is 0 Å². The van der Waals surface area contributed by atoms with E-state index < -0.39 is 16.9 Å². The summed E-state index contributed by atoms with van der Waals surface area (Å²) in [5, 5.41) is 14.9. The zero-order chi connectivity index (χ0) is 19.4. The lowest BCUT2D eigenvalue weighted by Gasteiger charge is -2.12. The largest absolute Gasteiger partial charge is 0.474 e. The Labute approximate surface area is 162 Å². The van der Waals surface area contributed by atoms with Crippen molar-refractivity contribution >= 4 is 33.7 Å². The van der Waals surface area contributed by atoms with E-state index in [0.717, 1.165) is 0 Å². The lowest BCUT2D eigenvalue weighted by atomic mass is 10.2. The Balaban J connectivity index is 1.62. The molecular weight excluding hydrogens is 422 g/mol. The van der Waals surface area contributed by atoms with Gasteiger partial charge in [-0.25, -0.2) is 5.43 Å². The van der Waals surface area contributed by atoms with Gasteiger partial charge < -0.3 is 14.2 Å². The van der Waals surface area contributed by atoms with Gasteiger partial charge in [-0.15, -0.1) is 0 Å². The van der Waals surface area contributed by atoms with Crippen LogP contribution in [0.5, 0.6) is 17.2 Å². The van der Waals surface area contributed by atoms with Crippen molar-refractivity contribution in [3.63, 3.8) is 0 Å². The molecule has 0 spiro atoms. The maximum absolute atomic E-state index is 12.1. The zero-order valence-corrected chi connectivity index (χ0v) is 15.6. The molecule has 1 aliphatic rings. The summed E-state index contributed by atoms with van der Waals surface area (Å²) in [7, 11) is 0. The SMILES string of the molecule is CC(Oc1ccccc1[N+](=O)[O-])C(=O)N/N=C/c1cc2c(cc1Br)OCO2. The summed E-state index contributed by atoms with van der Waals surface area (Å²) < 4.78 is 16.6. The van der Waals surface area contributed by atoms with Crippen LogP contribution in [-0.4, -0.2) is 29.9 Å². The molecule has 1 heterocycles. The highest BCUT2D eigenvalue weighted by Gasteiger charge is 2.20. The van der Waals surface area contributed by atoms with Gasteiger partial charge in [-0.2, -0.15) is 5.10 Å². The van der Waals surface area contributed by atoms with Crippen LogP contribution in [0.25, 0.3) is 0 Å². The molecule has 1 aliphatic heterocycles. The summed E-state index contributed by atoms with van der Waals surface area (Å²) >= 11 is 3.38. The summed E-state index contributed by atoms with van der Waals surface area (Å²) in [6.45, 7) is 1.62. The maximum atomic E-state index is 12.1. The number of rotatable bonds is 6. The molecule has 0 fully saturated rings. The minimum atomic E-state index is -0.983. The molecule has 0 saturated heterocycles. The molecule has 1 unspecified atom stereocenters. The van der Waals surface area contributed by atoms with E-state index in [-0.39, 0.29) is 18.2 Å². The third-order valence-corrected chi connectivity index (χ3v) is 4.29. The average molecular weight is 436 g/mol. The van der Waals surface area contributed by atoms with Crippen LogP contribution in [0.3, 0.4) is 0 Å². The quantitative estimate of drug-likeness (QED) is 0.423. The van der Waals surface area contributed by atoms with Crippen molar-refractivity contribution in [1.82, 2.24) is 5.43 Å². The monoisotopic (exact) mass is 435 g/mol. The van der Waals surface area contributed by atoms with Gasteiger partial charge in [0.25, 0.3) is 5.91 Å². The molecule has 0 radical (unpaired) electrons. The first kappa shape index (κ1) is 18.6. The molecule has 0 saturated carbocycles. The number of nitro groups is 1. The summed E-state index contributed by atoms with van der Waals surface area (Å²) in [4.78, 5) is 22.5. The number of nitrogens with one attached hydrogen (secondary N) is 1. The first-order chi connectivity index (χ1) is 13.0. The molecule has 2 aromatic rings. The minimum Gasteiger partial charge on any atom is -0.474 e. The van der Waals surface area contributed by atoms with E-state index in [1.54, 1.807) is 18.2 Å². The molecule has 10 heteroatoms. The summed E-state index contributed by atoms with van der Waals surface area (Å²) in [5.41, 5.74) is 2.79. The second-order valence-corrected chi connectivity index (χ2v) is 6.30. The maximum Gasteiger partial charge on any atom is 0.310 e. The normalized spacial score (nSPS) is 13.4. The van der Waals surface area contributed by atoms with Gasteiger partial charge in [-0.3, -0.25) is 14.9 Å². The van der Waals surface area contributed by atoms with Crippen molar-refractivity contribution in [2.24, 2.45) is 5.10 Å². The predicted octanol–water partition coefficient (Wildman–Crippen LogP) is 3.00. The van der Waals surface area contributed by atoms with Crippen LogP contribution in [0.4, 0.5) is 5.69 Å². The third kappa shape index (κ3) is 4.34. The number of hydrazone groups is 1. The first-order valence-electron chi connectivity index (χ1n) is 7.78. The number of fused-ring (bicyclic) bond motifs is 1. The molecule has 27 heavy (non-hydrogen) atoms. The van der Waals surface area contributed by atoms with Gasteiger partial charge in [0.05, 0.1) is 11.1 Å². The van der Waals surface area contributed by atoms with Crippen LogP contribution in [0.2, 0.25) is 0 Å². The van der Waals surface area contributed by atoms with Gasteiger partial charge in [-0.1, -0.05) is 12.1 Å². The van der Waals surface area contributed by atoms with E-state index in [1.165, 1.54) is 31.3 Å². The van der Waals surface area contributed by atoms with E-state index in [2.05, 4.69) is 26.5 Å². The number of ether oxygens (including phenoxy) is 3. The van der Waals surface area contributed by atoms with Gasteiger partial charge in [0, 0.05) is 16.1 Å². The van der Waals surface area contributed by atoms with Crippen molar-refractivity contribution in [1.29, 1.82) is 0 Å². The number of benzene rings is 2. The lowest BCUT2D eigenvalue weighted by molar-refractivity contribution is -0.386. The third-order valence-electron chi connectivity index (χ3n) is 3.61. The fraction of sp³-hybridized carbons (Fsp3) is 0.176. The standard InChI is InChI=1S/C17H14BrN3O6/c1-10(27-14-5-3-2-4-13(14)21(23)24)17(22)20-19-8-11-6-15-16(7-12(11)18)26-9-25-15/h2-8,10H,9H2,1H3,(H,20,22)/b19-8+. The zero-order valence-electron chi connectivity index (χ0n) is 14.0. The van der Waals surface area contributed by atoms with Gasteiger partial charge in [-0.05, 0) is 41.1 Å². The predicted molar refractivity (Wildman–Crippen MR) is 99.2 cm³/mol. The number of halogens is 1. The van der Waals surface area contributed by atoms with E-state index in [4.69, 9.17) is 14.2 Å². The number of nitrogens with zero attached hydrogens (tertiary/aromatic N) is 2. The fourth-order valence-corrected chi connectivity index (χ4v) is 2.66. The molecular formula is C17H14BrN3O6. The van der Waals surface area contributed by atoms with E-state index in [0.29, 0.717) is 21.5 Å². The molecule has 0 bridgehead atoms. The Morgan fingerprint density at radius 1 is 1.37 bits per heavy atom. The van der Waals surface area contributed by atoms with E-state index >= 15 is 0 Å². The molecule has 1 amide bonds. The molecule has 1 atom stereocenters. The molecule has 3 rings (SSSR count). The van der Waals surface area contributed by atoms with Crippen LogP contribution in [-0.2, 0) is 4.79 Å². The van der Waals surface area contributed by atoms with Crippen LogP contribution in [0.1, 0.15) is 12.5 Å². The smallest absolute Gasteiger partial charge is 0.310 e. The summed E-state index contributed by atoms with van der Waals surface area (Å²) in [5.74, 6) is 0.655. The average Bonchev–Trinajstić information content (AvgIpc) is 3.09. The number of para-hydroxylation sites is 2. The second kappa shape index (κ2) is 8.04. The molecule has 1 N–H and O–H groups in total. The van der Waals surface area contributed by atoms with Crippen molar-refractivity contribution in [2.75, 3.05) is 6.79 Å². The van der Waals surface area contributed by atoms with Crippen LogP contribution in [0, 0.1) is 10.1 Å². The van der Waals surface area contributed by atoms with Crippen LogP contribution < -0.4 is 19.6 Å². The number of hydrogen-bond donors (Lipinski definition) is 1. The highest BCUT2D eigenvalue weighted by Crippen LogP contribution is 2.36. The number of nitro benzene ring substituents is 1. The van der Waals surface area contributed by atoms with Crippen molar-refractivity contribution in [3.05, 3.63) is 56.5 Å². The van der Waals surface area contributed by atoms with Gasteiger partial charge in [0.1, 0.15) is 0 Å². The van der Waals surface area contributed by atoms with Crippen LogP contribution >= 0.6 is 15.9 Å². The Kier molecular flexibility index (Phi) is 5.55. The number of carbonyl (C=O) groups excluding carboxylic acids is 1. The highest BCUT2D eigenvalue weighted by atomic mass is 79.9. The van der Waals surface area contributed by atoms with Crippen LogP contribution in [0.15, 0.2) is 46.0 Å². The second-order valence-electron chi connectivity index (χ2n) is 5.45. The highest BCUT2D eigenvalue weighted by molar-refractivity contribution is 9.10. The lowest BCUT2D eigenvalue weighted by Crippen LogP contribution is -2.33. The van der Waals surface area contributed by atoms with Gasteiger partial charge >= 0.3 is 5.69 Å². The topological polar surface area (TPSA) is 112 Å². The van der Waals surface area contributed by atoms with Crippen molar-refractivity contribution in [3.8, 4) is 17.2 Å². The number of amides is 1. The molecule has 0 aromatic heterocycles.